The van der Waals surface area contributed by atoms with Crippen LogP contribution in [0.1, 0.15) is 18.4 Å². The molecule has 0 saturated heterocycles. The maximum atomic E-state index is 11.6. The smallest absolute Gasteiger partial charge is 0.165 e. The van der Waals surface area contributed by atoms with Crippen LogP contribution in [0.5, 0.6) is 0 Å². The first-order chi connectivity index (χ1) is 7.18. The molecule has 1 aromatic rings. The second-order valence-electron chi connectivity index (χ2n) is 3.89. The van der Waals surface area contributed by atoms with Crippen molar-refractivity contribution >= 4 is 17.4 Å². The van der Waals surface area contributed by atoms with E-state index in [9.17, 15) is 9.90 Å². The van der Waals surface area contributed by atoms with Crippen molar-refractivity contribution in [1.82, 2.24) is 4.98 Å². The Morgan fingerprint density at radius 1 is 1.67 bits per heavy atom. The van der Waals surface area contributed by atoms with Gasteiger partial charge in [-0.15, -0.1) is 0 Å². The molecule has 80 valence electrons. The maximum absolute atomic E-state index is 11.6. The number of halogens is 1. The first kappa shape index (κ1) is 10.6. The molecule has 0 radical (unpaired) electrons. The molecule has 0 aliphatic heterocycles. The number of aromatic nitrogens is 1. The third-order valence-electron chi connectivity index (χ3n) is 2.62. The van der Waals surface area contributed by atoms with Crippen LogP contribution in [0.25, 0.3) is 0 Å². The van der Waals surface area contributed by atoms with Gasteiger partial charge in [-0.25, -0.2) is 0 Å². The Kier molecular flexibility index (Phi) is 3.03. The maximum Gasteiger partial charge on any atom is 0.165 e. The number of carbonyl (C=O) groups is 1. The fourth-order valence-electron chi connectivity index (χ4n) is 1.51. The number of nitrogens with zero attached hydrogens (tertiary/aromatic N) is 1. The van der Waals surface area contributed by atoms with Crippen LogP contribution in [-0.2, 0) is 11.2 Å². The van der Waals surface area contributed by atoms with E-state index < -0.39 is 6.10 Å². The number of aliphatic hydroxyl groups excluding tert-OH is 1. The monoisotopic (exact) mass is 225 g/mol. The van der Waals surface area contributed by atoms with E-state index in [4.69, 9.17) is 11.6 Å². The first-order valence-corrected chi connectivity index (χ1v) is 5.35. The molecule has 3 nitrogen and oxygen atoms in total. The van der Waals surface area contributed by atoms with Crippen molar-refractivity contribution in [3.63, 3.8) is 0 Å². The van der Waals surface area contributed by atoms with Gasteiger partial charge in [-0.1, -0.05) is 11.6 Å². The van der Waals surface area contributed by atoms with E-state index in [1.807, 2.05) is 0 Å². The van der Waals surface area contributed by atoms with Crippen LogP contribution in [0.4, 0.5) is 0 Å². The minimum absolute atomic E-state index is 0.148. The van der Waals surface area contributed by atoms with Gasteiger partial charge in [0.05, 0.1) is 5.02 Å². The molecule has 1 N–H and O–H groups in total. The molecule has 4 heteroatoms. The van der Waals surface area contributed by atoms with Gasteiger partial charge in [-0.3, -0.25) is 9.78 Å². The molecule has 0 aromatic carbocycles. The molecule has 1 aliphatic rings. The lowest BCUT2D eigenvalue weighted by Crippen LogP contribution is -2.24. The Bertz CT molecular complexity index is 377. The highest BCUT2D eigenvalue weighted by atomic mass is 35.5. The van der Waals surface area contributed by atoms with Gasteiger partial charge in [0.1, 0.15) is 6.10 Å². The summed E-state index contributed by atoms with van der Waals surface area (Å²) in [5, 5.41) is 10.1. The van der Waals surface area contributed by atoms with Crippen molar-refractivity contribution in [1.29, 1.82) is 0 Å². The van der Waals surface area contributed by atoms with Crippen molar-refractivity contribution in [3.05, 3.63) is 29.0 Å². The van der Waals surface area contributed by atoms with Gasteiger partial charge in [-0.2, -0.15) is 0 Å². The summed E-state index contributed by atoms with van der Waals surface area (Å²) in [5.74, 6) is 0.0312. The Hall–Kier alpha value is -0.930. The second kappa shape index (κ2) is 4.29. The Morgan fingerprint density at radius 3 is 3.00 bits per heavy atom. The normalized spacial score (nSPS) is 17.5. The average molecular weight is 226 g/mol. The largest absolute Gasteiger partial charge is 0.385 e. The van der Waals surface area contributed by atoms with Crippen LogP contribution in [-0.4, -0.2) is 22.0 Å². The van der Waals surface area contributed by atoms with E-state index in [-0.39, 0.29) is 18.1 Å². The molecule has 1 fully saturated rings. The summed E-state index contributed by atoms with van der Waals surface area (Å²) in [6.45, 7) is 0. The van der Waals surface area contributed by atoms with E-state index in [2.05, 4.69) is 4.98 Å². The number of aliphatic hydroxyl groups is 1. The fourth-order valence-corrected chi connectivity index (χ4v) is 1.70. The molecule has 1 unspecified atom stereocenters. The lowest BCUT2D eigenvalue weighted by atomic mass is 10.0. The molecule has 1 aromatic heterocycles. The summed E-state index contributed by atoms with van der Waals surface area (Å²) in [6.07, 6.45) is 4.40. The van der Waals surface area contributed by atoms with Gasteiger partial charge in [-0.05, 0) is 30.4 Å². The van der Waals surface area contributed by atoms with Crippen molar-refractivity contribution in [3.8, 4) is 0 Å². The zero-order chi connectivity index (χ0) is 10.8. The summed E-state index contributed by atoms with van der Waals surface area (Å²) in [4.78, 5) is 15.5. The Morgan fingerprint density at radius 2 is 2.40 bits per heavy atom. The average Bonchev–Trinajstić information content (AvgIpc) is 3.04. The predicted molar refractivity (Wildman–Crippen MR) is 56.7 cm³/mol. The molecule has 1 aliphatic carbocycles. The highest BCUT2D eigenvalue weighted by Gasteiger charge is 2.34. The second-order valence-corrected chi connectivity index (χ2v) is 4.30. The van der Waals surface area contributed by atoms with Crippen LogP contribution in [0.3, 0.4) is 0 Å². The highest BCUT2D eigenvalue weighted by molar-refractivity contribution is 6.31. The van der Waals surface area contributed by atoms with Crippen LogP contribution >= 0.6 is 11.6 Å². The van der Waals surface area contributed by atoms with Gasteiger partial charge >= 0.3 is 0 Å². The summed E-state index contributed by atoms with van der Waals surface area (Å²) in [6, 6.07) is 1.71. The standard InChI is InChI=1S/C11H12ClNO2/c12-9-6-13-4-3-8(9)5-10(14)11(15)7-1-2-7/h3-4,6-7,11,15H,1-2,5H2. The third kappa shape index (κ3) is 2.55. The molecule has 0 spiro atoms. The van der Waals surface area contributed by atoms with Gasteiger partial charge in [0.15, 0.2) is 5.78 Å². The van der Waals surface area contributed by atoms with Crippen LogP contribution in [0.2, 0.25) is 5.02 Å². The number of Topliss-reactive ketones (excluding diaryl/α,β-unsaturated/α-hetero) is 1. The number of ketones is 1. The molecule has 1 atom stereocenters. The van der Waals surface area contributed by atoms with Crippen molar-refractivity contribution in [2.45, 2.75) is 25.4 Å². The summed E-state index contributed by atoms with van der Waals surface area (Å²) in [7, 11) is 0. The number of pyridine rings is 1. The topological polar surface area (TPSA) is 50.2 Å². The van der Waals surface area contributed by atoms with E-state index in [1.165, 1.54) is 6.20 Å². The number of rotatable bonds is 4. The molecule has 0 amide bonds. The summed E-state index contributed by atoms with van der Waals surface area (Å²) >= 11 is 5.87. The molecule has 0 bridgehead atoms. The lowest BCUT2D eigenvalue weighted by Gasteiger charge is -2.08. The molecule has 1 heterocycles. The minimum Gasteiger partial charge on any atom is -0.385 e. The molecular weight excluding hydrogens is 214 g/mol. The molecule has 15 heavy (non-hydrogen) atoms. The van der Waals surface area contributed by atoms with Crippen LogP contribution in [0, 0.1) is 5.92 Å². The summed E-state index contributed by atoms with van der Waals surface area (Å²) < 4.78 is 0. The first-order valence-electron chi connectivity index (χ1n) is 4.97. The summed E-state index contributed by atoms with van der Waals surface area (Å²) in [5.41, 5.74) is 0.733. The van der Waals surface area contributed by atoms with E-state index in [1.54, 1.807) is 12.3 Å². The highest BCUT2D eigenvalue weighted by Crippen LogP contribution is 2.33. The van der Waals surface area contributed by atoms with E-state index in [0.29, 0.717) is 5.02 Å². The zero-order valence-electron chi connectivity index (χ0n) is 8.19. The molecule has 1 saturated carbocycles. The Balaban J connectivity index is 2.02. The van der Waals surface area contributed by atoms with Crippen LogP contribution < -0.4 is 0 Å². The van der Waals surface area contributed by atoms with E-state index in [0.717, 1.165) is 18.4 Å². The van der Waals surface area contributed by atoms with Gasteiger partial charge in [0.2, 0.25) is 0 Å². The predicted octanol–water partition coefficient (Wildman–Crippen LogP) is 1.62. The van der Waals surface area contributed by atoms with Crippen LogP contribution in [0.15, 0.2) is 18.5 Å². The fraction of sp³-hybridized carbons (Fsp3) is 0.455. The quantitative estimate of drug-likeness (QED) is 0.847. The van der Waals surface area contributed by atoms with Gasteiger partial charge in [0.25, 0.3) is 0 Å². The van der Waals surface area contributed by atoms with Crippen molar-refractivity contribution in [2.24, 2.45) is 5.92 Å². The SMILES string of the molecule is O=C(Cc1ccncc1Cl)C(O)C1CC1. The number of hydrogen-bond donors (Lipinski definition) is 1. The number of hydrogen-bond acceptors (Lipinski definition) is 3. The van der Waals surface area contributed by atoms with Gasteiger partial charge in [0, 0.05) is 18.8 Å². The Labute approximate surface area is 93.1 Å². The lowest BCUT2D eigenvalue weighted by molar-refractivity contribution is -0.127. The number of carbonyl (C=O) groups excluding carboxylic acids is 1. The minimum atomic E-state index is -0.811. The molecular formula is C11H12ClNO2. The molecule has 2 rings (SSSR count). The van der Waals surface area contributed by atoms with Crippen molar-refractivity contribution in [2.75, 3.05) is 0 Å². The third-order valence-corrected chi connectivity index (χ3v) is 2.96. The van der Waals surface area contributed by atoms with Gasteiger partial charge < -0.3 is 5.11 Å². The zero-order valence-corrected chi connectivity index (χ0v) is 8.94. The van der Waals surface area contributed by atoms with Crippen molar-refractivity contribution < 1.29 is 9.90 Å². The van der Waals surface area contributed by atoms with E-state index >= 15 is 0 Å².